The molecule has 1 unspecified atom stereocenters. The van der Waals surface area contributed by atoms with Gasteiger partial charge in [-0.1, -0.05) is 34.1 Å². The van der Waals surface area contributed by atoms with E-state index in [2.05, 4.69) is 21.2 Å². The van der Waals surface area contributed by atoms with E-state index in [1.54, 1.807) is 36.4 Å². The molecule has 3 nitrogen and oxygen atoms in total. The number of nitrogens with one attached hydrogen (secondary N) is 1. The zero-order valence-electron chi connectivity index (χ0n) is 11.0. The van der Waals surface area contributed by atoms with Gasteiger partial charge in [0.2, 0.25) is 0 Å². The number of hydrogen-bond acceptors (Lipinski definition) is 3. The van der Waals surface area contributed by atoms with E-state index in [9.17, 15) is 12.8 Å². The van der Waals surface area contributed by atoms with E-state index in [0.29, 0.717) is 27.0 Å². The Morgan fingerprint density at radius 1 is 1.19 bits per heavy atom. The standard InChI is InChI=1S/C15H13BrFNO2S/c16-10-5-6-14(12(17)9-10)18-13-7-8-21(19,20)15-4-2-1-3-11(13)15/h1-6,9,13,18H,7-8H2. The van der Waals surface area contributed by atoms with Crippen molar-refractivity contribution in [2.45, 2.75) is 17.4 Å². The van der Waals surface area contributed by atoms with Crippen LogP contribution in [0.4, 0.5) is 10.1 Å². The van der Waals surface area contributed by atoms with Gasteiger partial charge >= 0.3 is 0 Å². The highest BCUT2D eigenvalue weighted by Gasteiger charge is 2.30. The molecule has 21 heavy (non-hydrogen) atoms. The number of anilines is 1. The van der Waals surface area contributed by atoms with Crippen LogP contribution >= 0.6 is 15.9 Å². The van der Waals surface area contributed by atoms with Gasteiger partial charge in [0, 0.05) is 4.47 Å². The summed E-state index contributed by atoms with van der Waals surface area (Å²) in [5, 5.41) is 3.11. The smallest absolute Gasteiger partial charge is 0.178 e. The highest BCUT2D eigenvalue weighted by atomic mass is 79.9. The first-order valence-electron chi connectivity index (χ1n) is 6.51. The molecule has 110 valence electrons. The lowest BCUT2D eigenvalue weighted by atomic mass is 10.0. The molecule has 1 aliphatic rings. The van der Waals surface area contributed by atoms with Crippen molar-refractivity contribution in [1.82, 2.24) is 0 Å². The maximum absolute atomic E-state index is 13.9. The van der Waals surface area contributed by atoms with Crippen molar-refractivity contribution in [2.24, 2.45) is 0 Å². The molecule has 0 saturated carbocycles. The fraction of sp³-hybridized carbons (Fsp3) is 0.200. The molecule has 0 fully saturated rings. The van der Waals surface area contributed by atoms with Crippen molar-refractivity contribution >= 4 is 31.5 Å². The minimum atomic E-state index is -3.23. The maximum Gasteiger partial charge on any atom is 0.178 e. The molecule has 0 radical (unpaired) electrons. The normalized spacial score (nSPS) is 19.8. The molecule has 1 N–H and O–H groups in total. The lowest BCUT2D eigenvalue weighted by molar-refractivity contribution is 0.574. The first-order valence-corrected chi connectivity index (χ1v) is 8.95. The SMILES string of the molecule is O=S1(=O)CCC(Nc2ccc(Br)cc2F)c2ccccc21. The Balaban J connectivity index is 1.97. The lowest BCUT2D eigenvalue weighted by Crippen LogP contribution is -2.24. The second-order valence-corrected chi connectivity index (χ2v) is 7.96. The summed E-state index contributed by atoms with van der Waals surface area (Å²) in [4.78, 5) is 0.339. The van der Waals surface area contributed by atoms with Crippen molar-refractivity contribution in [3.8, 4) is 0 Å². The van der Waals surface area contributed by atoms with Crippen LogP contribution < -0.4 is 5.32 Å². The molecule has 2 aromatic carbocycles. The average molecular weight is 370 g/mol. The largest absolute Gasteiger partial charge is 0.376 e. The third-order valence-corrected chi connectivity index (χ3v) is 5.87. The van der Waals surface area contributed by atoms with E-state index in [1.807, 2.05) is 0 Å². The van der Waals surface area contributed by atoms with Crippen molar-refractivity contribution in [3.63, 3.8) is 0 Å². The molecule has 3 rings (SSSR count). The molecule has 0 saturated heterocycles. The van der Waals surface area contributed by atoms with E-state index in [1.165, 1.54) is 6.07 Å². The van der Waals surface area contributed by atoms with Gasteiger partial charge in [0.1, 0.15) is 5.82 Å². The Hall–Kier alpha value is -1.40. The number of rotatable bonds is 2. The summed E-state index contributed by atoms with van der Waals surface area (Å²) in [5.74, 6) is -0.296. The Labute approximate surface area is 131 Å². The molecule has 6 heteroatoms. The predicted molar refractivity (Wildman–Crippen MR) is 83.6 cm³/mol. The predicted octanol–water partition coefficient (Wildman–Crippen LogP) is 3.92. The van der Waals surface area contributed by atoms with Crippen LogP contribution in [0.25, 0.3) is 0 Å². The minimum absolute atomic E-state index is 0.0693. The summed E-state index contributed by atoms with van der Waals surface area (Å²) >= 11 is 3.22. The second-order valence-electron chi connectivity index (χ2n) is 4.97. The van der Waals surface area contributed by atoms with Crippen LogP contribution in [0.2, 0.25) is 0 Å². The van der Waals surface area contributed by atoms with Gasteiger partial charge < -0.3 is 5.32 Å². The van der Waals surface area contributed by atoms with Gasteiger partial charge in [-0.3, -0.25) is 0 Å². The fourth-order valence-electron chi connectivity index (χ4n) is 2.53. The topological polar surface area (TPSA) is 46.2 Å². The Bertz CT molecular complexity index is 792. The zero-order valence-corrected chi connectivity index (χ0v) is 13.4. The van der Waals surface area contributed by atoms with Gasteiger partial charge in [0.15, 0.2) is 9.84 Å². The van der Waals surface area contributed by atoms with Gasteiger partial charge in [-0.05, 0) is 36.2 Å². The number of benzene rings is 2. The number of sulfone groups is 1. The summed E-state index contributed by atoms with van der Waals surface area (Å²) in [5.41, 5.74) is 1.07. The van der Waals surface area contributed by atoms with Crippen LogP contribution in [0.15, 0.2) is 51.8 Å². The summed E-state index contributed by atoms with van der Waals surface area (Å²) in [6.45, 7) is 0. The zero-order chi connectivity index (χ0) is 15.0. The van der Waals surface area contributed by atoms with Crippen LogP contribution in [0.5, 0.6) is 0 Å². The van der Waals surface area contributed by atoms with E-state index in [0.717, 1.165) is 0 Å². The van der Waals surface area contributed by atoms with Crippen LogP contribution in [-0.2, 0) is 9.84 Å². The van der Waals surface area contributed by atoms with E-state index in [-0.39, 0.29) is 17.6 Å². The minimum Gasteiger partial charge on any atom is -0.376 e. The fourth-order valence-corrected chi connectivity index (χ4v) is 4.49. The van der Waals surface area contributed by atoms with Gasteiger partial charge in [0.05, 0.1) is 22.4 Å². The molecule has 1 atom stereocenters. The summed E-state index contributed by atoms with van der Waals surface area (Å²) < 4.78 is 38.7. The molecule has 2 aromatic rings. The maximum atomic E-state index is 13.9. The van der Waals surface area contributed by atoms with Gasteiger partial charge in [-0.15, -0.1) is 0 Å². The molecule has 1 aliphatic heterocycles. The molecule has 0 amide bonds. The van der Waals surface area contributed by atoms with Crippen molar-refractivity contribution in [1.29, 1.82) is 0 Å². The highest BCUT2D eigenvalue weighted by Crippen LogP contribution is 2.35. The van der Waals surface area contributed by atoms with Gasteiger partial charge in [-0.2, -0.15) is 0 Å². The molecule has 0 bridgehead atoms. The highest BCUT2D eigenvalue weighted by molar-refractivity contribution is 9.10. The lowest BCUT2D eigenvalue weighted by Gasteiger charge is -2.27. The molecular weight excluding hydrogens is 357 g/mol. The average Bonchev–Trinajstić information content (AvgIpc) is 2.45. The van der Waals surface area contributed by atoms with Crippen molar-refractivity contribution in [3.05, 3.63) is 58.3 Å². The molecule has 0 spiro atoms. The molecule has 0 aliphatic carbocycles. The third kappa shape index (κ3) is 2.82. The van der Waals surface area contributed by atoms with Gasteiger partial charge in [0.25, 0.3) is 0 Å². The first-order chi connectivity index (χ1) is 9.97. The molecular formula is C15H13BrFNO2S. The first kappa shape index (κ1) is 14.5. The van der Waals surface area contributed by atoms with Gasteiger partial charge in [-0.25, -0.2) is 12.8 Å². The number of halogens is 2. The number of fused-ring (bicyclic) bond motifs is 1. The van der Waals surface area contributed by atoms with Crippen LogP contribution in [0, 0.1) is 5.82 Å². The van der Waals surface area contributed by atoms with Crippen molar-refractivity contribution < 1.29 is 12.8 Å². The van der Waals surface area contributed by atoms with Crippen LogP contribution in [-0.4, -0.2) is 14.2 Å². The van der Waals surface area contributed by atoms with E-state index >= 15 is 0 Å². The summed E-state index contributed by atoms with van der Waals surface area (Å²) in [6.07, 6.45) is 0.425. The molecule has 1 heterocycles. The van der Waals surface area contributed by atoms with Crippen LogP contribution in [0.1, 0.15) is 18.0 Å². The van der Waals surface area contributed by atoms with E-state index in [4.69, 9.17) is 0 Å². The third-order valence-electron chi connectivity index (χ3n) is 3.57. The molecule has 0 aromatic heterocycles. The Morgan fingerprint density at radius 3 is 2.71 bits per heavy atom. The monoisotopic (exact) mass is 369 g/mol. The number of hydrogen-bond donors (Lipinski definition) is 1. The Kier molecular flexibility index (Phi) is 3.75. The summed E-state index contributed by atoms with van der Waals surface area (Å²) in [6, 6.07) is 11.5. The quantitative estimate of drug-likeness (QED) is 0.872. The Morgan fingerprint density at radius 2 is 1.95 bits per heavy atom. The van der Waals surface area contributed by atoms with Crippen LogP contribution in [0.3, 0.4) is 0 Å². The van der Waals surface area contributed by atoms with E-state index < -0.39 is 9.84 Å². The second kappa shape index (κ2) is 5.42. The summed E-state index contributed by atoms with van der Waals surface area (Å²) in [7, 11) is -3.23. The van der Waals surface area contributed by atoms with Crippen molar-refractivity contribution in [2.75, 3.05) is 11.1 Å².